The molecule has 0 spiro atoms. The Bertz CT molecular complexity index is 598. The van der Waals surface area contributed by atoms with E-state index in [9.17, 15) is 9.59 Å². The van der Waals surface area contributed by atoms with Crippen LogP contribution in [0.2, 0.25) is 0 Å². The number of nitrogens with one attached hydrogen (secondary N) is 1. The number of carbonyl (C=O) groups excluding carboxylic acids is 1. The molecule has 0 saturated carbocycles. The first kappa shape index (κ1) is 12.9. The molecule has 2 N–H and O–H groups in total. The number of carboxylic acids is 1. The van der Waals surface area contributed by atoms with Gasteiger partial charge in [-0.1, -0.05) is 6.92 Å². The number of carbonyl (C=O) groups is 2. The van der Waals surface area contributed by atoms with Gasteiger partial charge in [-0.05, 0) is 36.4 Å². The molecule has 19 heavy (non-hydrogen) atoms. The van der Waals surface area contributed by atoms with Crippen LogP contribution in [0.15, 0.2) is 40.8 Å². The Morgan fingerprint density at radius 3 is 2.37 bits per heavy atom. The number of furan rings is 1. The predicted molar refractivity (Wildman–Crippen MR) is 70.0 cm³/mol. The van der Waals surface area contributed by atoms with Gasteiger partial charge < -0.3 is 14.8 Å². The van der Waals surface area contributed by atoms with E-state index in [-0.39, 0.29) is 11.7 Å². The van der Waals surface area contributed by atoms with Crippen LogP contribution in [0.5, 0.6) is 0 Å². The molecule has 0 radical (unpaired) electrons. The molecular formula is C14H13NO4. The molecule has 0 bridgehead atoms. The molecule has 1 amide bonds. The summed E-state index contributed by atoms with van der Waals surface area (Å²) in [5, 5.41) is 11.5. The molecular weight excluding hydrogens is 246 g/mol. The van der Waals surface area contributed by atoms with E-state index < -0.39 is 5.97 Å². The van der Waals surface area contributed by atoms with Gasteiger partial charge in [0.25, 0.3) is 0 Å². The number of anilines is 1. The van der Waals surface area contributed by atoms with Crippen molar-refractivity contribution in [3.63, 3.8) is 0 Å². The highest BCUT2D eigenvalue weighted by atomic mass is 16.4. The van der Waals surface area contributed by atoms with Gasteiger partial charge in [0.15, 0.2) is 0 Å². The van der Waals surface area contributed by atoms with Crippen molar-refractivity contribution in [2.75, 3.05) is 5.32 Å². The number of aromatic carboxylic acids is 1. The minimum absolute atomic E-state index is 0.0566. The second kappa shape index (κ2) is 5.39. The summed E-state index contributed by atoms with van der Waals surface area (Å²) in [5.41, 5.74) is 1.45. The van der Waals surface area contributed by atoms with Crippen LogP contribution < -0.4 is 5.32 Å². The lowest BCUT2D eigenvalue weighted by Crippen LogP contribution is -2.08. The molecule has 5 heteroatoms. The van der Waals surface area contributed by atoms with Crippen LogP contribution in [0.3, 0.4) is 0 Å². The standard InChI is InChI=1S/C14H13NO4/c1-2-13(16)15-10-5-3-9(4-6-10)11-7-8-12(19-11)14(17)18/h3-8H,2H2,1H3,(H,15,16)(H,17,18). The molecule has 98 valence electrons. The van der Waals surface area contributed by atoms with Crippen LogP contribution in [0.4, 0.5) is 5.69 Å². The van der Waals surface area contributed by atoms with Crippen molar-refractivity contribution in [3.8, 4) is 11.3 Å². The maximum Gasteiger partial charge on any atom is 0.371 e. The van der Waals surface area contributed by atoms with Crippen LogP contribution in [0.25, 0.3) is 11.3 Å². The third kappa shape index (κ3) is 3.01. The fourth-order valence-electron chi connectivity index (χ4n) is 1.58. The van der Waals surface area contributed by atoms with Crippen LogP contribution in [-0.4, -0.2) is 17.0 Å². The molecule has 0 atom stereocenters. The SMILES string of the molecule is CCC(=O)Nc1ccc(-c2ccc(C(=O)O)o2)cc1. The topological polar surface area (TPSA) is 79.5 Å². The Kier molecular flexibility index (Phi) is 3.66. The van der Waals surface area contributed by atoms with E-state index in [0.29, 0.717) is 17.9 Å². The molecule has 2 aromatic rings. The molecule has 1 aromatic carbocycles. The Labute approximate surface area is 109 Å². The van der Waals surface area contributed by atoms with Crippen molar-refractivity contribution in [1.82, 2.24) is 0 Å². The number of hydrogen-bond donors (Lipinski definition) is 2. The summed E-state index contributed by atoms with van der Waals surface area (Å²) in [6, 6.07) is 10.0. The number of benzene rings is 1. The zero-order valence-corrected chi connectivity index (χ0v) is 10.3. The summed E-state index contributed by atoms with van der Waals surface area (Å²) in [5.74, 6) is -0.777. The molecule has 1 heterocycles. The second-order valence-corrected chi connectivity index (χ2v) is 3.95. The molecule has 0 saturated heterocycles. The molecule has 0 aliphatic rings. The van der Waals surface area contributed by atoms with Crippen molar-refractivity contribution in [3.05, 3.63) is 42.2 Å². The number of carboxylic acid groups (broad SMARTS) is 1. The number of hydrogen-bond acceptors (Lipinski definition) is 3. The van der Waals surface area contributed by atoms with Gasteiger partial charge in [-0.3, -0.25) is 4.79 Å². The summed E-state index contributed by atoms with van der Waals surface area (Å²) in [6.07, 6.45) is 0.419. The average Bonchev–Trinajstić information content (AvgIpc) is 2.89. The normalized spacial score (nSPS) is 10.2. The number of rotatable bonds is 4. The summed E-state index contributed by atoms with van der Waals surface area (Å²) in [6.45, 7) is 1.78. The largest absolute Gasteiger partial charge is 0.475 e. The maximum absolute atomic E-state index is 11.2. The third-order valence-corrected chi connectivity index (χ3v) is 2.59. The first-order valence-corrected chi connectivity index (χ1v) is 5.83. The van der Waals surface area contributed by atoms with Crippen LogP contribution in [-0.2, 0) is 4.79 Å². The van der Waals surface area contributed by atoms with E-state index >= 15 is 0 Å². The number of amides is 1. The zero-order chi connectivity index (χ0) is 13.8. The van der Waals surface area contributed by atoms with Crippen LogP contribution >= 0.6 is 0 Å². The Balaban J connectivity index is 2.17. The molecule has 0 unspecified atom stereocenters. The van der Waals surface area contributed by atoms with E-state index in [4.69, 9.17) is 9.52 Å². The summed E-state index contributed by atoms with van der Waals surface area (Å²) < 4.78 is 5.19. The van der Waals surface area contributed by atoms with E-state index in [1.807, 2.05) is 0 Å². The quantitative estimate of drug-likeness (QED) is 0.884. The Morgan fingerprint density at radius 2 is 1.84 bits per heavy atom. The van der Waals surface area contributed by atoms with Gasteiger partial charge >= 0.3 is 5.97 Å². The monoisotopic (exact) mass is 259 g/mol. The van der Waals surface area contributed by atoms with Crippen molar-refractivity contribution < 1.29 is 19.1 Å². The first-order chi connectivity index (χ1) is 9.10. The van der Waals surface area contributed by atoms with Crippen LogP contribution in [0, 0.1) is 0 Å². The highest BCUT2D eigenvalue weighted by Crippen LogP contribution is 2.23. The Morgan fingerprint density at radius 1 is 1.16 bits per heavy atom. The van der Waals surface area contributed by atoms with Gasteiger partial charge in [0, 0.05) is 17.7 Å². The van der Waals surface area contributed by atoms with Gasteiger partial charge in [-0.15, -0.1) is 0 Å². The summed E-state index contributed by atoms with van der Waals surface area (Å²) in [7, 11) is 0. The zero-order valence-electron chi connectivity index (χ0n) is 10.3. The second-order valence-electron chi connectivity index (χ2n) is 3.95. The van der Waals surface area contributed by atoms with Gasteiger partial charge in [0.2, 0.25) is 11.7 Å². The maximum atomic E-state index is 11.2. The van der Waals surface area contributed by atoms with E-state index in [0.717, 1.165) is 5.56 Å². The molecule has 0 aliphatic heterocycles. The smallest absolute Gasteiger partial charge is 0.371 e. The lowest BCUT2D eigenvalue weighted by atomic mass is 10.1. The minimum Gasteiger partial charge on any atom is -0.475 e. The van der Waals surface area contributed by atoms with Crippen molar-refractivity contribution in [2.24, 2.45) is 0 Å². The average molecular weight is 259 g/mol. The highest BCUT2D eigenvalue weighted by molar-refractivity contribution is 5.90. The van der Waals surface area contributed by atoms with Gasteiger partial charge in [-0.2, -0.15) is 0 Å². The lowest BCUT2D eigenvalue weighted by Gasteiger charge is -2.04. The van der Waals surface area contributed by atoms with E-state index in [2.05, 4.69) is 5.32 Å². The lowest BCUT2D eigenvalue weighted by molar-refractivity contribution is -0.115. The molecule has 0 aliphatic carbocycles. The third-order valence-electron chi connectivity index (χ3n) is 2.59. The predicted octanol–water partition coefficient (Wildman–Crippen LogP) is 2.99. The van der Waals surface area contributed by atoms with E-state index in [1.165, 1.54) is 6.07 Å². The van der Waals surface area contributed by atoms with Gasteiger partial charge in [-0.25, -0.2) is 4.79 Å². The van der Waals surface area contributed by atoms with Crippen molar-refractivity contribution >= 4 is 17.6 Å². The van der Waals surface area contributed by atoms with Crippen molar-refractivity contribution in [2.45, 2.75) is 13.3 Å². The fourth-order valence-corrected chi connectivity index (χ4v) is 1.58. The van der Waals surface area contributed by atoms with Crippen LogP contribution in [0.1, 0.15) is 23.9 Å². The molecule has 0 fully saturated rings. The summed E-state index contributed by atoms with van der Waals surface area (Å²) >= 11 is 0. The highest BCUT2D eigenvalue weighted by Gasteiger charge is 2.10. The first-order valence-electron chi connectivity index (χ1n) is 5.83. The molecule has 1 aromatic heterocycles. The van der Waals surface area contributed by atoms with Gasteiger partial charge in [0.05, 0.1) is 0 Å². The fraction of sp³-hybridized carbons (Fsp3) is 0.143. The minimum atomic E-state index is -1.10. The van der Waals surface area contributed by atoms with Gasteiger partial charge in [0.1, 0.15) is 5.76 Å². The van der Waals surface area contributed by atoms with Crippen molar-refractivity contribution in [1.29, 1.82) is 0 Å². The Hall–Kier alpha value is -2.56. The summed E-state index contributed by atoms with van der Waals surface area (Å²) in [4.78, 5) is 21.9. The van der Waals surface area contributed by atoms with E-state index in [1.54, 1.807) is 37.3 Å². The molecule has 2 rings (SSSR count). The molecule has 5 nitrogen and oxygen atoms in total.